The van der Waals surface area contributed by atoms with Crippen LogP contribution in [0.25, 0.3) is 6.08 Å². The van der Waals surface area contributed by atoms with Crippen molar-refractivity contribution in [2.45, 2.75) is 12.8 Å². The van der Waals surface area contributed by atoms with Crippen molar-refractivity contribution in [2.24, 2.45) is 5.10 Å². The second kappa shape index (κ2) is 10.6. The van der Waals surface area contributed by atoms with Gasteiger partial charge in [0.2, 0.25) is 5.91 Å². The number of rotatable bonds is 8. The molecule has 0 saturated carbocycles. The summed E-state index contributed by atoms with van der Waals surface area (Å²) in [6, 6.07) is 22.5. The topological polar surface area (TPSA) is 83.7 Å². The molecule has 0 atom stereocenters. The van der Waals surface area contributed by atoms with Gasteiger partial charge in [-0.25, -0.2) is 5.43 Å². The third kappa shape index (κ3) is 6.04. The minimum atomic E-state index is -0.498. The van der Waals surface area contributed by atoms with Crippen molar-refractivity contribution in [3.05, 3.63) is 102 Å². The molecular formula is C24H23N3O3. The van der Waals surface area contributed by atoms with Crippen LogP contribution in [0.5, 0.6) is 0 Å². The van der Waals surface area contributed by atoms with Crippen LogP contribution >= 0.6 is 0 Å². The number of amides is 2. The SMILES string of the molecule is CC(/C=C/c1ccco1)=N\NC(=O)CNC(=O)C(c1ccccc1)c1ccccc1. The number of nitrogens with zero attached hydrogens (tertiary/aromatic N) is 1. The van der Waals surface area contributed by atoms with Crippen LogP contribution in [0.15, 0.2) is 94.7 Å². The molecule has 0 bridgehead atoms. The average molecular weight is 401 g/mol. The highest BCUT2D eigenvalue weighted by Gasteiger charge is 2.22. The maximum absolute atomic E-state index is 12.9. The maximum Gasteiger partial charge on any atom is 0.259 e. The normalized spacial score (nSPS) is 11.6. The molecule has 0 saturated heterocycles. The summed E-state index contributed by atoms with van der Waals surface area (Å²) < 4.78 is 5.19. The second-order valence-electron chi connectivity index (χ2n) is 6.61. The lowest BCUT2D eigenvalue weighted by atomic mass is 9.90. The fourth-order valence-corrected chi connectivity index (χ4v) is 2.87. The molecule has 0 aliphatic carbocycles. The molecule has 0 aliphatic heterocycles. The van der Waals surface area contributed by atoms with E-state index in [2.05, 4.69) is 15.8 Å². The molecule has 2 aromatic carbocycles. The minimum absolute atomic E-state index is 0.173. The molecule has 1 heterocycles. The molecule has 0 radical (unpaired) electrons. The summed E-state index contributed by atoms with van der Waals surface area (Å²) >= 11 is 0. The largest absolute Gasteiger partial charge is 0.465 e. The van der Waals surface area contributed by atoms with Gasteiger partial charge in [-0.3, -0.25) is 9.59 Å². The predicted octanol–water partition coefficient (Wildman–Crippen LogP) is 3.73. The van der Waals surface area contributed by atoms with E-state index in [1.165, 1.54) is 0 Å². The third-order valence-corrected chi connectivity index (χ3v) is 4.34. The van der Waals surface area contributed by atoms with Crippen molar-refractivity contribution in [3.8, 4) is 0 Å². The molecule has 2 amide bonds. The van der Waals surface area contributed by atoms with Crippen LogP contribution in [0.4, 0.5) is 0 Å². The van der Waals surface area contributed by atoms with Crippen LogP contribution in [0.3, 0.4) is 0 Å². The Morgan fingerprint density at radius 1 is 0.967 bits per heavy atom. The molecule has 1 aromatic heterocycles. The molecule has 6 heteroatoms. The van der Waals surface area contributed by atoms with Gasteiger partial charge in [0, 0.05) is 0 Å². The van der Waals surface area contributed by atoms with E-state index in [1.807, 2.05) is 66.7 Å². The fourth-order valence-electron chi connectivity index (χ4n) is 2.87. The van der Waals surface area contributed by atoms with Crippen molar-refractivity contribution < 1.29 is 14.0 Å². The lowest BCUT2D eigenvalue weighted by Crippen LogP contribution is -2.38. The van der Waals surface area contributed by atoms with Gasteiger partial charge in [0.1, 0.15) is 5.76 Å². The Hall–Kier alpha value is -3.93. The van der Waals surface area contributed by atoms with Crippen molar-refractivity contribution >= 4 is 23.6 Å². The summed E-state index contributed by atoms with van der Waals surface area (Å²) in [6.07, 6.45) is 5.05. The Bertz CT molecular complexity index is 971. The third-order valence-electron chi connectivity index (χ3n) is 4.34. The fraction of sp³-hybridized carbons (Fsp3) is 0.125. The summed E-state index contributed by atoms with van der Waals surface area (Å²) in [5, 5.41) is 6.70. The summed E-state index contributed by atoms with van der Waals surface area (Å²) in [5.41, 5.74) is 4.75. The van der Waals surface area contributed by atoms with Crippen LogP contribution in [-0.4, -0.2) is 24.1 Å². The number of carbonyl (C=O) groups excluding carboxylic acids is 2. The van der Waals surface area contributed by atoms with E-state index in [1.54, 1.807) is 31.4 Å². The molecule has 0 fully saturated rings. The molecule has 2 N–H and O–H groups in total. The van der Waals surface area contributed by atoms with E-state index in [0.717, 1.165) is 11.1 Å². The van der Waals surface area contributed by atoms with E-state index >= 15 is 0 Å². The zero-order valence-electron chi connectivity index (χ0n) is 16.6. The zero-order chi connectivity index (χ0) is 21.2. The quantitative estimate of drug-likeness (QED) is 0.446. The van der Waals surface area contributed by atoms with Gasteiger partial charge >= 0.3 is 0 Å². The highest BCUT2D eigenvalue weighted by atomic mass is 16.3. The van der Waals surface area contributed by atoms with E-state index in [0.29, 0.717) is 11.5 Å². The molecule has 6 nitrogen and oxygen atoms in total. The van der Waals surface area contributed by atoms with Crippen molar-refractivity contribution in [3.63, 3.8) is 0 Å². The first-order valence-electron chi connectivity index (χ1n) is 9.56. The van der Waals surface area contributed by atoms with Crippen LogP contribution in [0.1, 0.15) is 29.7 Å². The number of hydrogen-bond acceptors (Lipinski definition) is 4. The molecular weight excluding hydrogens is 378 g/mol. The molecule has 0 spiro atoms. The van der Waals surface area contributed by atoms with Crippen LogP contribution in [0.2, 0.25) is 0 Å². The summed E-state index contributed by atoms with van der Waals surface area (Å²) in [4.78, 5) is 25.0. The van der Waals surface area contributed by atoms with E-state index in [4.69, 9.17) is 4.42 Å². The van der Waals surface area contributed by atoms with Crippen LogP contribution in [-0.2, 0) is 9.59 Å². The summed E-state index contributed by atoms with van der Waals surface area (Å²) in [6.45, 7) is 1.58. The Morgan fingerprint density at radius 3 is 2.17 bits per heavy atom. The van der Waals surface area contributed by atoms with Gasteiger partial charge in [-0.05, 0) is 42.3 Å². The number of hydrazone groups is 1. The van der Waals surface area contributed by atoms with E-state index < -0.39 is 11.8 Å². The van der Waals surface area contributed by atoms with Gasteiger partial charge in [-0.1, -0.05) is 60.7 Å². The van der Waals surface area contributed by atoms with Gasteiger partial charge in [0.15, 0.2) is 0 Å². The summed E-state index contributed by atoms with van der Waals surface area (Å²) in [5.74, 6) is -0.465. The Balaban J connectivity index is 1.58. The Morgan fingerprint density at radius 2 is 1.60 bits per heavy atom. The average Bonchev–Trinajstić information content (AvgIpc) is 3.30. The number of allylic oxidation sites excluding steroid dienone is 1. The lowest BCUT2D eigenvalue weighted by molar-refractivity contribution is -0.126. The molecule has 3 aromatic rings. The Labute approximate surface area is 175 Å². The molecule has 30 heavy (non-hydrogen) atoms. The number of benzene rings is 2. The maximum atomic E-state index is 12.9. The van der Waals surface area contributed by atoms with E-state index in [9.17, 15) is 9.59 Å². The zero-order valence-corrected chi connectivity index (χ0v) is 16.6. The first-order chi connectivity index (χ1) is 14.6. The van der Waals surface area contributed by atoms with Gasteiger partial charge in [-0.2, -0.15) is 5.10 Å². The first-order valence-corrected chi connectivity index (χ1v) is 9.56. The molecule has 0 unspecified atom stereocenters. The van der Waals surface area contributed by atoms with Crippen molar-refractivity contribution in [1.29, 1.82) is 0 Å². The van der Waals surface area contributed by atoms with Gasteiger partial charge in [-0.15, -0.1) is 0 Å². The van der Waals surface area contributed by atoms with Gasteiger partial charge in [0.05, 0.1) is 24.4 Å². The molecule has 3 rings (SSSR count). The van der Waals surface area contributed by atoms with Crippen molar-refractivity contribution in [1.82, 2.24) is 10.7 Å². The number of hydrogen-bond donors (Lipinski definition) is 2. The minimum Gasteiger partial charge on any atom is -0.465 e. The lowest BCUT2D eigenvalue weighted by Gasteiger charge is -2.17. The Kier molecular flexibility index (Phi) is 7.33. The molecule has 152 valence electrons. The monoisotopic (exact) mass is 401 g/mol. The number of nitrogens with one attached hydrogen (secondary N) is 2. The van der Waals surface area contributed by atoms with Crippen LogP contribution in [0, 0.1) is 0 Å². The van der Waals surface area contributed by atoms with E-state index in [-0.39, 0.29) is 12.5 Å². The summed E-state index contributed by atoms with van der Waals surface area (Å²) in [7, 11) is 0. The number of carbonyl (C=O) groups is 2. The predicted molar refractivity (Wildman–Crippen MR) is 117 cm³/mol. The van der Waals surface area contributed by atoms with Crippen LogP contribution < -0.4 is 10.7 Å². The standard InChI is InChI=1S/C24H23N3O3/c1-18(14-15-21-13-8-16-30-21)26-27-22(28)17-25-24(29)23(19-9-4-2-5-10-19)20-11-6-3-7-12-20/h2-16,23H,17H2,1H3,(H,25,29)(H,27,28)/b15-14+,26-18+. The van der Waals surface area contributed by atoms with Gasteiger partial charge < -0.3 is 9.73 Å². The molecule has 0 aliphatic rings. The highest BCUT2D eigenvalue weighted by molar-refractivity contribution is 5.97. The number of furan rings is 1. The van der Waals surface area contributed by atoms with Crippen molar-refractivity contribution in [2.75, 3.05) is 6.54 Å². The van der Waals surface area contributed by atoms with Gasteiger partial charge in [0.25, 0.3) is 5.91 Å². The smallest absolute Gasteiger partial charge is 0.259 e. The first kappa shape index (κ1) is 20.8. The second-order valence-corrected chi connectivity index (χ2v) is 6.61. The highest BCUT2D eigenvalue weighted by Crippen LogP contribution is 2.24.